The molecule has 0 saturated carbocycles. The van der Waals surface area contributed by atoms with Gasteiger partial charge in [0.25, 0.3) is 0 Å². The first-order valence-electron chi connectivity index (χ1n) is 5.43. The van der Waals surface area contributed by atoms with Crippen LogP contribution in [0.15, 0.2) is 24.3 Å². The molecule has 0 aliphatic heterocycles. The Kier molecular flexibility index (Phi) is 3.39. The summed E-state index contributed by atoms with van der Waals surface area (Å²) in [6.07, 6.45) is 0. The van der Waals surface area contributed by atoms with Crippen molar-refractivity contribution in [2.75, 3.05) is 14.1 Å². The van der Waals surface area contributed by atoms with Gasteiger partial charge in [0.05, 0.1) is 0 Å². The fourth-order valence-corrected chi connectivity index (χ4v) is 1.52. The first-order chi connectivity index (χ1) is 8.15. The lowest BCUT2D eigenvalue weighted by molar-refractivity contribution is 0.402. The smallest absolute Gasteiger partial charge is 0.203 e. The maximum absolute atomic E-state index is 4.01. The summed E-state index contributed by atoms with van der Waals surface area (Å²) in [5, 5.41) is 15.8. The molecule has 0 aliphatic rings. The van der Waals surface area contributed by atoms with Crippen molar-refractivity contribution in [1.82, 2.24) is 25.3 Å². The summed E-state index contributed by atoms with van der Waals surface area (Å²) in [4.78, 5) is 2.13. The fourth-order valence-electron chi connectivity index (χ4n) is 1.52. The second-order valence-corrected chi connectivity index (χ2v) is 4.21. The van der Waals surface area contributed by atoms with E-state index in [4.69, 9.17) is 0 Å². The van der Waals surface area contributed by atoms with Gasteiger partial charge in [-0.05, 0) is 26.6 Å². The van der Waals surface area contributed by atoms with Crippen molar-refractivity contribution in [2.45, 2.75) is 13.5 Å². The van der Waals surface area contributed by atoms with Crippen LogP contribution in [0.5, 0.6) is 0 Å². The molecule has 0 N–H and O–H groups in total. The summed E-state index contributed by atoms with van der Waals surface area (Å²) in [5.74, 6) is 1.14. The number of nitrogens with zero attached hydrogens (tertiary/aromatic N) is 5. The maximum atomic E-state index is 4.01. The van der Waals surface area contributed by atoms with Crippen molar-refractivity contribution >= 4 is 0 Å². The van der Waals surface area contributed by atoms with Crippen LogP contribution >= 0.6 is 0 Å². The van der Waals surface area contributed by atoms with E-state index in [2.05, 4.69) is 37.4 Å². The highest BCUT2D eigenvalue weighted by atomic mass is 15.3. The molecule has 17 heavy (non-hydrogen) atoms. The number of rotatable bonds is 3. The van der Waals surface area contributed by atoms with Crippen LogP contribution in [-0.4, -0.2) is 39.4 Å². The molecule has 0 spiro atoms. The molecular weight excluding hydrogens is 214 g/mol. The second-order valence-electron chi connectivity index (χ2n) is 4.21. The second kappa shape index (κ2) is 4.97. The van der Waals surface area contributed by atoms with E-state index in [1.54, 1.807) is 6.92 Å². The largest absolute Gasteiger partial charge is 0.305 e. The lowest BCUT2D eigenvalue weighted by Gasteiger charge is -2.09. The van der Waals surface area contributed by atoms with E-state index >= 15 is 0 Å². The summed E-state index contributed by atoms with van der Waals surface area (Å²) in [5.41, 5.74) is 2.19. The summed E-state index contributed by atoms with van der Waals surface area (Å²) in [7, 11) is 4.09. The van der Waals surface area contributed by atoms with Gasteiger partial charge in [-0.15, -0.1) is 20.4 Å². The van der Waals surface area contributed by atoms with Gasteiger partial charge >= 0.3 is 0 Å². The van der Waals surface area contributed by atoms with Crippen molar-refractivity contribution in [2.24, 2.45) is 0 Å². The molecule has 2 aromatic rings. The molecule has 1 aromatic carbocycles. The molecule has 1 heterocycles. The van der Waals surface area contributed by atoms with Gasteiger partial charge < -0.3 is 4.90 Å². The van der Waals surface area contributed by atoms with Crippen LogP contribution in [0.3, 0.4) is 0 Å². The Hall–Kier alpha value is -1.88. The Bertz CT molecular complexity index is 475. The van der Waals surface area contributed by atoms with Gasteiger partial charge in [0.1, 0.15) is 0 Å². The average molecular weight is 229 g/mol. The molecule has 5 heteroatoms. The van der Waals surface area contributed by atoms with Gasteiger partial charge in [-0.1, -0.05) is 24.3 Å². The molecule has 0 saturated heterocycles. The molecule has 88 valence electrons. The summed E-state index contributed by atoms with van der Waals surface area (Å²) in [6.45, 7) is 2.69. The first-order valence-corrected chi connectivity index (χ1v) is 5.43. The highest BCUT2D eigenvalue weighted by molar-refractivity contribution is 5.54. The van der Waals surface area contributed by atoms with E-state index < -0.39 is 0 Å². The molecular formula is C12H15N5. The highest BCUT2D eigenvalue weighted by Crippen LogP contribution is 2.14. The van der Waals surface area contributed by atoms with Crippen molar-refractivity contribution < 1.29 is 0 Å². The third-order valence-electron chi connectivity index (χ3n) is 2.29. The summed E-state index contributed by atoms with van der Waals surface area (Å²) >= 11 is 0. The van der Waals surface area contributed by atoms with Gasteiger partial charge in [-0.25, -0.2) is 0 Å². The average Bonchev–Trinajstić information content (AvgIpc) is 2.30. The van der Waals surface area contributed by atoms with Gasteiger partial charge in [0.2, 0.25) is 5.82 Å². The van der Waals surface area contributed by atoms with E-state index in [-0.39, 0.29) is 0 Å². The standard InChI is InChI=1S/C12H15N5/c1-9-13-15-12(16-14-9)11-6-4-10(5-7-11)8-17(2)3/h4-7H,8H2,1-3H3. The number of aryl methyl sites for hydroxylation is 1. The third kappa shape index (κ3) is 3.04. The Morgan fingerprint density at radius 3 is 2.06 bits per heavy atom. The number of benzene rings is 1. The Morgan fingerprint density at radius 2 is 1.53 bits per heavy atom. The van der Waals surface area contributed by atoms with E-state index in [1.165, 1.54) is 5.56 Å². The number of hydrogen-bond acceptors (Lipinski definition) is 5. The summed E-state index contributed by atoms with van der Waals surface area (Å²) < 4.78 is 0. The zero-order valence-electron chi connectivity index (χ0n) is 10.3. The van der Waals surface area contributed by atoms with Crippen LogP contribution in [0.2, 0.25) is 0 Å². The van der Waals surface area contributed by atoms with Crippen molar-refractivity contribution in [3.8, 4) is 11.4 Å². The normalized spacial score (nSPS) is 10.8. The van der Waals surface area contributed by atoms with Crippen LogP contribution in [0.4, 0.5) is 0 Å². The Morgan fingerprint density at radius 1 is 0.941 bits per heavy atom. The lowest BCUT2D eigenvalue weighted by atomic mass is 10.1. The van der Waals surface area contributed by atoms with Crippen LogP contribution in [-0.2, 0) is 6.54 Å². The zero-order chi connectivity index (χ0) is 12.3. The molecule has 5 nitrogen and oxygen atoms in total. The molecule has 0 aliphatic carbocycles. The zero-order valence-corrected chi connectivity index (χ0v) is 10.3. The number of aromatic nitrogens is 4. The third-order valence-corrected chi connectivity index (χ3v) is 2.29. The molecule has 0 amide bonds. The minimum absolute atomic E-state index is 0.562. The highest BCUT2D eigenvalue weighted by Gasteiger charge is 2.03. The van der Waals surface area contributed by atoms with Crippen molar-refractivity contribution in [3.63, 3.8) is 0 Å². The van der Waals surface area contributed by atoms with Crippen molar-refractivity contribution in [1.29, 1.82) is 0 Å². The summed E-state index contributed by atoms with van der Waals surface area (Å²) in [6, 6.07) is 8.12. The quantitative estimate of drug-likeness (QED) is 0.794. The lowest BCUT2D eigenvalue weighted by Crippen LogP contribution is -2.10. The maximum Gasteiger partial charge on any atom is 0.203 e. The predicted molar refractivity (Wildman–Crippen MR) is 65.2 cm³/mol. The fraction of sp³-hybridized carbons (Fsp3) is 0.333. The SMILES string of the molecule is Cc1nnc(-c2ccc(CN(C)C)cc2)nn1. The van der Waals surface area contributed by atoms with Crippen molar-refractivity contribution in [3.05, 3.63) is 35.7 Å². The monoisotopic (exact) mass is 229 g/mol. The van der Waals surface area contributed by atoms with E-state index in [1.807, 2.05) is 26.2 Å². The van der Waals surface area contributed by atoms with E-state index in [0.717, 1.165) is 12.1 Å². The molecule has 0 fully saturated rings. The molecule has 0 unspecified atom stereocenters. The van der Waals surface area contributed by atoms with E-state index in [0.29, 0.717) is 11.6 Å². The molecule has 2 rings (SSSR count). The Labute approximate surface area is 101 Å². The molecule has 0 atom stereocenters. The predicted octanol–water partition coefficient (Wildman–Crippen LogP) is 1.30. The van der Waals surface area contributed by atoms with Gasteiger partial charge in [0.15, 0.2) is 5.82 Å². The topological polar surface area (TPSA) is 54.8 Å². The molecule has 0 radical (unpaired) electrons. The van der Waals surface area contributed by atoms with Gasteiger partial charge in [-0.2, -0.15) is 0 Å². The van der Waals surface area contributed by atoms with Crippen LogP contribution in [0.1, 0.15) is 11.4 Å². The first kappa shape index (κ1) is 11.6. The van der Waals surface area contributed by atoms with E-state index in [9.17, 15) is 0 Å². The Balaban J connectivity index is 2.20. The minimum atomic E-state index is 0.562. The van der Waals surface area contributed by atoms with Crippen LogP contribution in [0, 0.1) is 6.92 Å². The van der Waals surface area contributed by atoms with Crippen LogP contribution < -0.4 is 0 Å². The van der Waals surface area contributed by atoms with Gasteiger partial charge in [0, 0.05) is 12.1 Å². The molecule has 0 bridgehead atoms. The van der Waals surface area contributed by atoms with Gasteiger partial charge in [-0.3, -0.25) is 0 Å². The number of hydrogen-bond donors (Lipinski definition) is 0. The molecule has 1 aromatic heterocycles. The minimum Gasteiger partial charge on any atom is -0.305 e. The van der Waals surface area contributed by atoms with Crippen LogP contribution in [0.25, 0.3) is 11.4 Å².